The van der Waals surface area contributed by atoms with Crippen molar-refractivity contribution in [2.24, 2.45) is 5.73 Å². The second-order valence-corrected chi connectivity index (χ2v) is 5.17. The maximum Gasteiger partial charge on any atom is 0.136 e. The number of nitrogens with two attached hydrogens (primary N) is 1. The second kappa shape index (κ2) is 6.48. The number of nitrogens with zero attached hydrogens (tertiary/aromatic N) is 1. The highest BCUT2D eigenvalue weighted by atomic mass is 32.1. The molecule has 20 heavy (non-hydrogen) atoms. The fourth-order valence-corrected chi connectivity index (χ4v) is 2.51. The number of thiocarbonyl (C=S) groups is 1. The van der Waals surface area contributed by atoms with E-state index in [1.165, 1.54) is 5.56 Å². The van der Waals surface area contributed by atoms with Gasteiger partial charge in [-0.1, -0.05) is 49.5 Å². The molecule has 2 rings (SSSR count). The third kappa shape index (κ3) is 3.14. The van der Waals surface area contributed by atoms with Gasteiger partial charge in [-0.3, -0.25) is 0 Å². The largest absolute Gasteiger partial charge is 0.389 e. The van der Waals surface area contributed by atoms with Gasteiger partial charge in [0.05, 0.1) is 11.6 Å². The quantitative estimate of drug-likeness (QED) is 0.824. The van der Waals surface area contributed by atoms with Gasteiger partial charge in [-0.25, -0.2) is 4.98 Å². The fraction of sp³-hybridized carbons (Fsp3) is 0.250. The number of hydrogen-bond donors (Lipinski definition) is 2. The summed E-state index contributed by atoms with van der Waals surface area (Å²) in [6.07, 6.45) is 2.73. The molecule has 0 aliphatic carbocycles. The van der Waals surface area contributed by atoms with E-state index in [9.17, 15) is 0 Å². The highest BCUT2D eigenvalue weighted by Crippen LogP contribution is 2.24. The van der Waals surface area contributed by atoms with Crippen LogP contribution in [0.4, 0.5) is 5.82 Å². The molecule has 0 saturated heterocycles. The molecule has 2 aromatic rings. The molecule has 104 valence electrons. The van der Waals surface area contributed by atoms with Crippen LogP contribution in [-0.4, -0.2) is 9.97 Å². The molecule has 1 atom stereocenters. The van der Waals surface area contributed by atoms with Gasteiger partial charge in [-0.2, -0.15) is 0 Å². The molecule has 0 saturated carbocycles. The summed E-state index contributed by atoms with van der Waals surface area (Å²) < 4.78 is 0. The molecule has 1 unspecified atom stereocenters. The Morgan fingerprint density at radius 3 is 2.60 bits per heavy atom. The summed E-state index contributed by atoms with van der Waals surface area (Å²) in [6, 6.07) is 12.4. The van der Waals surface area contributed by atoms with Crippen molar-refractivity contribution in [2.45, 2.75) is 26.3 Å². The van der Waals surface area contributed by atoms with Crippen LogP contribution in [0.5, 0.6) is 0 Å². The van der Waals surface area contributed by atoms with Crippen LogP contribution in [-0.2, 0) is 0 Å². The summed E-state index contributed by atoms with van der Waals surface area (Å²) in [4.78, 5) is 4.77. The molecule has 1 aromatic carbocycles. The van der Waals surface area contributed by atoms with Crippen LogP contribution < -0.4 is 11.1 Å². The summed E-state index contributed by atoms with van der Waals surface area (Å²) in [5.74, 6) is 0.758. The lowest BCUT2D eigenvalue weighted by Crippen LogP contribution is -2.18. The van der Waals surface area contributed by atoms with Gasteiger partial charge in [-0.15, -0.1) is 0 Å². The summed E-state index contributed by atoms with van der Waals surface area (Å²) in [6.45, 7) is 4.13. The number of aromatic nitrogens is 1. The lowest BCUT2D eigenvalue weighted by molar-refractivity contribution is 0.744. The zero-order chi connectivity index (χ0) is 14.5. The van der Waals surface area contributed by atoms with Crippen LogP contribution in [0.3, 0.4) is 0 Å². The molecule has 3 N–H and O–H groups in total. The van der Waals surface area contributed by atoms with Gasteiger partial charge in [0, 0.05) is 6.20 Å². The minimum Gasteiger partial charge on any atom is -0.389 e. The first-order valence-electron chi connectivity index (χ1n) is 6.70. The average Bonchev–Trinajstić information content (AvgIpc) is 2.45. The Labute approximate surface area is 125 Å². The summed E-state index contributed by atoms with van der Waals surface area (Å²) in [7, 11) is 0. The normalized spacial score (nSPS) is 11.9. The van der Waals surface area contributed by atoms with Crippen LogP contribution in [0.25, 0.3) is 0 Å². The molecule has 1 aromatic heterocycles. The van der Waals surface area contributed by atoms with Gasteiger partial charge in [0.1, 0.15) is 10.8 Å². The van der Waals surface area contributed by atoms with E-state index in [2.05, 4.69) is 29.4 Å². The molecule has 0 fully saturated rings. The predicted molar refractivity (Wildman–Crippen MR) is 88.0 cm³/mol. The van der Waals surface area contributed by atoms with E-state index in [0.717, 1.165) is 23.4 Å². The topological polar surface area (TPSA) is 50.9 Å². The van der Waals surface area contributed by atoms with E-state index in [1.807, 2.05) is 31.2 Å². The van der Waals surface area contributed by atoms with Gasteiger partial charge >= 0.3 is 0 Å². The van der Waals surface area contributed by atoms with Gasteiger partial charge < -0.3 is 11.1 Å². The molecule has 0 bridgehead atoms. The number of benzene rings is 1. The zero-order valence-corrected chi connectivity index (χ0v) is 12.6. The van der Waals surface area contributed by atoms with Crippen LogP contribution in [0.1, 0.15) is 36.1 Å². The molecule has 0 amide bonds. The average molecular weight is 285 g/mol. The van der Waals surface area contributed by atoms with E-state index in [0.29, 0.717) is 4.99 Å². The van der Waals surface area contributed by atoms with Crippen molar-refractivity contribution in [2.75, 3.05) is 5.32 Å². The third-order valence-electron chi connectivity index (χ3n) is 3.33. The Kier molecular flexibility index (Phi) is 4.69. The number of rotatable bonds is 5. The van der Waals surface area contributed by atoms with Gasteiger partial charge in [-0.05, 0) is 30.5 Å². The first-order chi connectivity index (χ1) is 9.63. The van der Waals surface area contributed by atoms with Crippen molar-refractivity contribution < 1.29 is 0 Å². The highest BCUT2D eigenvalue weighted by molar-refractivity contribution is 7.80. The van der Waals surface area contributed by atoms with Crippen LogP contribution in [0.15, 0.2) is 42.6 Å². The minimum absolute atomic E-state index is 0.193. The first kappa shape index (κ1) is 14.5. The molecular formula is C16H19N3S. The van der Waals surface area contributed by atoms with E-state index < -0.39 is 0 Å². The maximum atomic E-state index is 5.82. The number of nitrogens with one attached hydrogen (secondary N) is 1. The molecule has 0 spiro atoms. The van der Waals surface area contributed by atoms with Crippen molar-refractivity contribution >= 4 is 23.0 Å². The van der Waals surface area contributed by atoms with E-state index in [1.54, 1.807) is 6.20 Å². The summed E-state index contributed by atoms with van der Waals surface area (Å²) in [5.41, 5.74) is 8.92. The number of hydrogen-bond acceptors (Lipinski definition) is 3. The highest BCUT2D eigenvalue weighted by Gasteiger charge is 2.14. The van der Waals surface area contributed by atoms with Crippen molar-refractivity contribution in [1.82, 2.24) is 4.98 Å². The first-order valence-corrected chi connectivity index (χ1v) is 7.11. The maximum absolute atomic E-state index is 5.82. The number of aryl methyl sites for hydroxylation is 1. The summed E-state index contributed by atoms with van der Waals surface area (Å²) >= 11 is 5.14. The standard InChI is InChI=1S/C16H19N3S/c1-3-13(12-7-5-4-6-8-12)19-16-14(15(17)20)11(2)9-10-18-16/h4-10,13H,3H2,1-2H3,(H2,17,20)(H,18,19). The smallest absolute Gasteiger partial charge is 0.136 e. The number of anilines is 1. The Morgan fingerprint density at radius 2 is 2.00 bits per heavy atom. The van der Waals surface area contributed by atoms with Crippen molar-refractivity contribution in [3.8, 4) is 0 Å². The van der Waals surface area contributed by atoms with Gasteiger partial charge in [0.15, 0.2) is 0 Å². The zero-order valence-electron chi connectivity index (χ0n) is 11.8. The molecular weight excluding hydrogens is 266 g/mol. The van der Waals surface area contributed by atoms with E-state index in [-0.39, 0.29) is 6.04 Å². The Morgan fingerprint density at radius 1 is 1.30 bits per heavy atom. The Balaban J connectivity index is 2.33. The lowest BCUT2D eigenvalue weighted by Gasteiger charge is -2.20. The molecule has 1 heterocycles. The Bertz CT molecular complexity index is 596. The Hall–Kier alpha value is -1.94. The predicted octanol–water partition coefficient (Wildman–Crippen LogP) is 3.59. The molecule has 3 nitrogen and oxygen atoms in total. The van der Waals surface area contributed by atoms with Crippen molar-refractivity contribution in [3.05, 3.63) is 59.3 Å². The van der Waals surface area contributed by atoms with E-state index in [4.69, 9.17) is 18.0 Å². The lowest BCUT2D eigenvalue weighted by atomic mass is 10.0. The van der Waals surface area contributed by atoms with Crippen LogP contribution in [0, 0.1) is 6.92 Å². The van der Waals surface area contributed by atoms with Gasteiger partial charge in [0.2, 0.25) is 0 Å². The van der Waals surface area contributed by atoms with Crippen molar-refractivity contribution in [3.63, 3.8) is 0 Å². The fourth-order valence-electron chi connectivity index (χ4n) is 2.25. The molecule has 4 heteroatoms. The molecule has 0 aliphatic heterocycles. The second-order valence-electron chi connectivity index (χ2n) is 4.73. The monoisotopic (exact) mass is 285 g/mol. The molecule has 0 radical (unpaired) electrons. The minimum atomic E-state index is 0.193. The van der Waals surface area contributed by atoms with Gasteiger partial charge in [0.25, 0.3) is 0 Å². The number of pyridine rings is 1. The summed E-state index contributed by atoms with van der Waals surface area (Å²) in [5, 5.41) is 3.46. The third-order valence-corrected chi connectivity index (χ3v) is 3.53. The van der Waals surface area contributed by atoms with Crippen LogP contribution >= 0.6 is 12.2 Å². The SMILES string of the molecule is CCC(Nc1nccc(C)c1C(N)=S)c1ccccc1. The van der Waals surface area contributed by atoms with Crippen LogP contribution in [0.2, 0.25) is 0 Å². The van der Waals surface area contributed by atoms with E-state index >= 15 is 0 Å². The van der Waals surface area contributed by atoms with Crippen molar-refractivity contribution in [1.29, 1.82) is 0 Å². The molecule has 0 aliphatic rings.